The fraction of sp³-hybridized carbons (Fsp3) is 0.706. The first kappa shape index (κ1) is 16.5. The van der Waals surface area contributed by atoms with Gasteiger partial charge in [-0.05, 0) is 37.1 Å². The normalized spacial score (nSPS) is 24.0. The highest BCUT2D eigenvalue weighted by atomic mass is 32.1. The van der Waals surface area contributed by atoms with E-state index in [1.54, 1.807) is 11.3 Å². The third kappa shape index (κ3) is 3.86. The van der Waals surface area contributed by atoms with Crippen LogP contribution in [-0.4, -0.2) is 22.9 Å². The molecule has 3 atom stereocenters. The van der Waals surface area contributed by atoms with E-state index < -0.39 is 0 Å². The summed E-state index contributed by atoms with van der Waals surface area (Å²) in [5.41, 5.74) is 0. The number of hydrogen-bond acceptors (Lipinski definition) is 3. The van der Waals surface area contributed by atoms with E-state index in [2.05, 4.69) is 55.4 Å². The number of amides is 1. The Morgan fingerprint density at radius 3 is 2.71 bits per heavy atom. The number of carbonyl (C=O) groups excluding carboxylic acids is 1. The molecule has 1 aliphatic rings. The van der Waals surface area contributed by atoms with Gasteiger partial charge in [0.2, 0.25) is 5.91 Å². The van der Waals surface area contributed by atoms with E-state index >= 15 is 0 Å². The minimum atomic E-state index is -0.00772. The lowest BCUT2D eigenvalue weighted by atomic mass is 10.0. The summed E-state index contributed by atoms with van der Waals surface area (Å²) >= 11 is 1.73. The average molecular weight is 308 g/mol. The van der Waals surface area contributed by atoms with Crippen LogP contribution in [0.1, 0.15) is 64.4 Å². The molecule has 1 amide bonds. The Balaban J connectivity index is 2.17. The second kappa shape index (κ2) is 7.41. The maximum atomic E-state index is 12.8. The van der Waals surface area contributed by atoms with Crippen molar-refractivity contribution in [2.24, 2.45) is 5.92 Å². The summed E-state index contributed by atoms with van der Waals surface area (Å²) in [5.74, 6) is 0.890. The van der Waals surface area contributed by atoms with Crippen LogP contribution in [0.15, 0.2) is 17.5 Å². The maximum Gasteiger partial charge on any atom is 0.241 e. The Kier molecular flexibility index (Phi) is 5.82. The van der Waals surface area contributed by atoms with Gasteiger partial charge < -0.3 is 4.90 Å². The topological polar surface area (TPSA) is 32.3 Å². The molecule has 4 heteroatoms. The zero-order valence-corrected chi connectivity index (χ0v) is 14.5. The lowest BCUT2D eigenvalue weighted by Gasteiger charge is -2.31. The Bertz CT molecular complexity index is 444. The summed E-state index contributed by atoms with van der Waals surface area (Å²) in [7, 11) is 0. The fourth-order valence-electron chi connectivity index (χ4n) is 3.20. The van der Waals surface area contributed by atoms with Gasteiger partial charge in [0.25, 0.3) is 0 Å². The van der Waals surface area contributed by atoms with Gasteiger partial charge in [0.15, 0.2) is 0 Å². The average Bonchev–Trinajstić information content (AvgIpc) is 3.03. The third-order valence-corrected chi connectivity index (χ3v) is 5.06. The number of unbranched alkanes of at least 4 members (excludes halogenated alkanes) is 1. The lowest BCUT2D eigenvalue weighted by Crippen LogP contribution is -2.39. The van der Waals surface area contributed by atoms with Crippen LogP contribution >= 0.6 is 11.3 Å². The van der Waals surface area contributed by atoms with Crippen molar-refractivity contribution < 1.29 is 4.79 Å². The van der Waals surface area contributed by atoms with E-state index in [4.69, 9.17) is 0 Å². The number of rotatable bonds is 7. The predicted molar refractivity (Wildman–Crippen MR) is 89.3 cm³/mol. The van der Waals surface area contributed by atoms with E-state index in [9.17, 15) is 4.79 Å². The molecule has 21 heavy (non-hydrogen) atoms. The van der Waals surface area contributed by atoms with Gasteiger partial charge >= 0.3 is 0 Å². The van der Waals surface area contributed by atoms with Crippen LogP contribution in [-0.2, 0) is 4.79 Å². The number of nitrogens with one attached hydrogen (secondary N) is 1. The van der Waals surface area contributed by atoms with Gasteiger partial charge in [0, 0.05) is 10.9 Å². The Hall–Kier alpha value is -0.870. The predicted octanol–water partition coefficient (Wildman–Crippen LogP) is 4.17. The molecule has 3 nitrogen and oxygen atoms in total. The first-order valence-electron chi connectivity index (χ1n) is 8.16. The summed E-state index contributed by atoms with van der Waals surface area (Å²) < 4.78 is 0. The van der Waals surface area contributed by atoms with Crippen LogP contribution in [0.3, 0.4) is 0 Å². The molecular formula is C17H28N2OS. The van der Waals surface area contributed by atoms with Crippen LogP contribution < -0.4 is 5.32 Å². The Morgan fingerprint density at radius 2 is 2.14 bits per heavy atom. The highest BCUT2D eigenvalue weighted by Crippen LogP contribution is 2.33. The van der Waals surface area contributed by atoms with Crippen LogP contribution in [0.4, 0.5) is 0 Å². The van der Waals surface area contributed by atoms with Crippen molar-refractivity contribution >= 4 is 17.2 Å². The van der Waals surface area contributed by atoms with Gasteiger partial charge in [-0.1, -0.05) is 39.7 Å². The molecule has 0 aliphatic carbocycles. The number of nitrogens with zero attached hydrogens (tertiary/aromatic N) is 1. The standard InChI is InChI=1S/C17H28N2OS/c1-5-6-8-14-17(20)19(13(4)11-12(2)3)16(18-14)15-9-7-10-21-15/h7,9-10,12-14,16,18H,5-6,8,11H2,1-4H3. The van der Waals surface area contributed by atoms with Crippen LogP contribution in [0.25, 0.3) is 0 Å². The summed E-state index contributed by atoms with van der Waals surface area (Å²) in [4.78, 5) is 16.1. The minimum absolute atomic E-state index is 0.00772. The van der Waals surface area contributed by atoms with Gasteiger partial charge in [0.05, 0.1) is 6.04 Å². The van der Waals surface area contributed by atoms with Crippen molar-refractivity contribution in [2.75, 3.05) is 0 Å². The molecule has 1 N–H and O–H groups in total. The third-order valence-electron chi connectivity index (χ3n) is 4.14. The van der Waals surface area contributed by atoms with Gasteiger partial charge in [-0.3, -0.25) is 10.1 Å². The molecule has 3 unspecified atom stereocenters. The Morgan fingerprint density at radius 1 is 1.38 bits per heavy atom. The maximum absolute atomic E-state index is 12.8. The van der Waals surface area contributed by atoms with E-state index in [-0.39, 0.29) is 24.2 Å². The van der Waals surface area contributed by atoms with Crippen molar-refractivity contribution in [3.8, 4) is 0 Å². The molecule has 0 spiro atoms. The number of carbonyl (C=O) groups is 1. The lowest BCUT2D eigenvalue weighted by molar-refractivity contribution is -0.132. The molecular weight excluding hydrogens is 280 g/mol. The number of thiophene rings is 1. The molecule has 2 rings (SSSR count). The quantitative estimate of drug-likeness (QED) is 0.820. The van der Waals surface area contributed by atoms with Crippen molar-refractivity contribution in [1.29, 1.82) is 0 Å². The van der Waals surface area contributed by atoms with Gasteiger partial charge in [-0.2, -0.15) is 0 Å². The first-order chi connectivity index (χ1) is 10.0. The Labute approximate surface area is 132 Å². The van der Waals surface area contributed by atoms with E-state index in [0.717, 1.165) is 25.7 Å². The molecule has 1 fully saturated rings. The van der Waals surface area contributed by atoms with Crippen LogP contribution in [0, 0.1) is 5.92 Å². The molecule has 0 aromatic carbocycles. The van der Waals surface area contributed by atoms with Gasteiger partial charge in [-0.25, -0.2) is 0 Å². The smallest absolute Gasteiger partial charge is 0.241 e. The first-order valence-corrected chi connectivity index (χ1v) is 9.04. The second-order valence-electron chi connectivity index (χ2n) is 6.50. The van der Waals surface area contributed by atoms with Gasteiger partial charge in [-0.15, -0.1) is 11.3 Å². The van der Waals surface area contributed by atoms with Crippen molar-refractivity contribution in [3.63, 3.8) is 0 Å². The minimum Gasteiger partial charge on any atom is -0.318 e. The van der Waals surface area contributed by atoms with E-state index in [0.29, 0.717) is 5.92 Å². The molecule has 0 saturated carbocycles. The van der Waals surface area contributed by atoms with E-state index in [1.807, 2.05) is 0 Å². The van der Waals surface area contributed by atoms with E-state index in [1.165, 1.54) is 4.88 Å². The summed E-state index contributed by atoms with van der Waals surface area (Å²) in [6.07, 6.45) is 4.30. The largest absolute Gasteiger partial charge is 0.318 e. The van der Waals surface area contributed by atoms with Crippen molar-refractivity contribution in [3.05, 3.63) is 22.4 Å². The fourth-order valence-corrected chi connectivity index (χ4v) is 3.98. The zero-order valence-electron chi connectivity index (χ0n) is 13.6. The number of hydrogen-bond donors (Lipinski definition) is 1. The van der Waals surface area contributed by atoms with Crippen LogP contribution in [0.5, 0.6) is 0 Å². The highest BCUT2D eigenvalue weighted by molar-refractivity contribution is 7.10. The van der Waals surface area contributed by atoms with Gasteiger partial charge in [0.1, 0.15) is 6.17 Å². The summed E-state index contributed by atoms with van der Waals surface area (Å²) in [6, 6.07) is 4.47. The molecule has 1 aromatic rings. The molecule has 1 aromatic heterocycles. The monoisotopic (exact) mass is 308 g/mol. The summed E-state index contributed by atoms with van der Waals surface area (Å²) in [5, 5.41) is 5.66. The molecule has 1 saturated heterocycles. The molecule has 2 heterocycles. The molecule has 0 radical (unpaired) electrons. The molecule has 0 bridgehead atoms. The van der Waals surface area contributed by atoms with Crippen molar-refractivity contribution in [1.82, 2.24) is 10.2 Å². The summed E-state index contributed by atoms with van der Waals surface area (Å²) in [6.45, 7) is 8.80. The molecule has 118 valence electrons. The zero-order chi connectivity index (χ0) is 15.4. The second-order valence-corrected chi connectivity index (χ2v) is 7.48. The highest BCUT2D eigenvalue weighted by Gasteiger charge is 2.41. The van der Waals surface area contributed by atoms with Crippen molar-refractivity contribution in [2.45, 2.75) is 71.6 Å². The molecule has 1 aliphatic heterocycles. The SMILES string of the molecule is CCCCC1NC(c2cccs2)N(C(C)CC(C)C)C1=O. The van der Waals surface area contributed by atoms with Crippen LogP contribution in [0.2, 0.25) is 0 Å².